The predicted octanol–water partition coefficient (Wildman–Crippen LogP) is 2.45. The first-order valence-electron chi connectivity index (χ1n) is 9.78. The van der Waals surface area contributed by atoms with E-state index in [-0.39, 0.29) is 36.6 Å². The fourth-order valence-electron chi connectivity index (χ4n) is 3.83. The van der Waals surface area contributed by atoms with E-state index in [9.17, 15) is 9.59 Å². The number of allylic oxidation sites excluding steroid dienone is 1. The zero-order valence-electron chi connectivity index (χ0n) is 17.1. The van der Waals surface area contributed by atoms with Crippen LogP contribution in [0.25, 0.3) is 11.0 Å². The van der Waals surface area contributed by atoms with E-state index in [1.165, 1.54) is 6.33 Å². The van der Waals surface area contributed by atoms with Gasteiger partial charge in [0.05, 0.1) is 24.0 Å². The Kier molecular flexibility index (Phi) is 6.27. The standard InChI is InChI=1S/C21H26N6O2/c1-14(2)10-16(28)11-27(21-17-5-8-23-20(17)24-13-25-21)18-12-26(9-6-15(18)3)19(29)4-7-22/h5,8,10,13,15,18H,4,6,9,11-12H2,1-3H3,(H,23,24,25)/t15-,18+/m1/s1. The first-order valence-corrected chi connectivity index (χ1v) is 9.78. The van der Waals surface area contributed by atoms with Gasteiger partial charge in [0.25, 0.3) is 0 Å². The molecule has 1 aliphatic heterocycles. The molecule has 3 rings (SSSR count). The molecule has 0 saturated carbocycles. The number of ketones is 1. The Morgan fingerprint density at radius 2 is 2.21 bits per heavy atom. The summed E-state index contributed by atoms with van der Waals surface area (Å²) < 4.78 is 0. The lowest BCUT2D eigenvalue weighted by atomic mass is 9.91. The molecule has 8 heteroatoms. The van der Waals surface area contributed by atoms with Crippen molar-refractivity contribution >= 4 is 28.5 Å². The maximum Gasteiger partial charge on any atom is 0.236 e. The molecule has 0 unspecified atom stereocenters. The lowest BCUT2D eigenvalue weighted by Gasteiger charge is -2.43. The average molecular weight is 394 g/mol. The minimum atomic E-state index is -0.172. The molecule has 1 saturated heterocycles. The van der Waals surface area contributed by atoms with Gasteiger partial charge in [-0.15, -0.1) is 0 Å². The number of H-pyrrole nitrogens is 1. The lowest BCUT2D eigenvalue weighted by Crippen LogP contribution is -2.55. The van der Waals surface area contributed by atoms with Crippen molar-refractivity contribution in [1.29, 1.82) is 5.26 Å². The molecule has 1 amide bonds. The van der Waals surface area contributed by atoms with Gasteiger partial charge in [0, 0.05) is 19.3 Å². The highest BCUT2D eigenvalue weighted by Gasteiger charge is 2.35. The summed E-state index contributed by atoms with van der Waals surface area (Å²) in [4.78, 5) is 40.6. The van der Waals surface area contributed by atoms with Gasteiger partial charge in [0.15, 0.2) is 5.78 Å². The second-order valence-electron chi connectivity index (χ2n) is 7.76. The summed E-state index contributed by atoms with van der Waals surface area (Å²) in [5, 5.41) is 9.73. The Labute approximate surface area is 170 Å². The molecule has 29 heavy (non-hydrogen) atoms. The Bertz CT molecular complexity index is 969. The fraction of sp³-hybridized carbons (Fsp3) is 0.476. The van der Waals surface area contributed by atoms with E-state index < -0.39 is 0 Å². The maximum absolute atomic E-state index is 12.7. The van der Waals surface area contributed by atoms with Crippen molar-refractivity contribution in [2.24, 2.45) is 5.92 Å². The number of amides is 1. The third kappa shape index (κ3) is 4.62. The Balaban J connectivity index is 1.98. The van der Waals surface area contributed by atoms with Crippen LogP contribution in [0.15, 0.2) is 30.2 Å². The molecule has 3 heterocycles. The number of fused-ring (bicyclic) bond motifs is 1. The number of aromatic nitrogens is 3. The largest absolute Gasteiger partial charge is 0.346 e. The van der Waals surface area contributed by atoms with Gasteiger partial charge in [-0.1, -0.05) is 12.5 Å². The molecule has 1 aliphatic rings. The number of likely N-dealkylation sites (tertiary alicyclic amines) is 1. The molecule has 0 aliphatic carbocycles. The van der Waals surface area contributed by atoms with Crippen molar-refractivity contribution in [2.75, 3.05) is 24.5 Å². The van der Waals surface area contributed by atoms with Gasteiger partial charge in [-0.2, -0.15) is 5.26 Å². The molecule has 1 N–H and O–H groups in total. The lowest BCUT2D eigenvalue weighted by molar-refractivity contribution is -0.131. The number of anilines is 1. The van der Waals surface area contributed by atoms with Crippen LogP contribution >= 0.6 is 0 Å². The third-order valence-electron chi connectivity index (χ3n) is 5.28. The minimum absolute atomic E-state index is 0.0139. The molecule has 0 aromatic carbocycles. The van der Waals surface area contributed by atoms with Crippen molar-refractivity contribution in [3.8, 4) is 6.07 Å². The molecule has 0 radical (unpaired) electrons. The van der Waals surface area contributed by atoms with E-state index >= 15 is 0 Å². The number of nitrogens with one attached hydrogen (secondary N) is 1. The number of hydrogen-bond acceptors (Lipinski definition) is 6. The summed E-state index contributed by atoms with van der Waals surface area (Å²) in [7, 11) is 0. The monoisotopic (exact) mass is 394 g/mol. The normalized spacial score (nSPS) is 18.9. The highest BCUT2D eigenvalue weighted by Crippen LogP contribution is 2.30. The van der Waals surface area contributed by atoms with Crippen LogP contribution in [-0.4, -0.2) is 57.2 Å². The number of carbonyl (C=O) groups is 2. The van der Waals surface area contributed by atoms with E-state index in [0.29, 0.717) is 24.6 Å². The summed E-state index contributed by atoms with van der Waals surface area (Å²) in [5.74, 6) is 0.747. The van der Waals surface area contributed by atoms with Gasteiger partial charge in [-0.25, -0.2) is 9.97 Å². The minimum Gasteiger partial charge on any atom is -0.346 e. The van der Waals surface area contributed by atoms with E-state index in [4.69, 9.17) is 5.26 Å². The van der Waals surface area contributed by atoms with E-state index in [0.717, 1.165) is 17.4 Å². The smallest absolute Gasteiger partial charge is 0.236 e. The van der Waals surface area contributed by atoms with Crippen LogP contribution in [0.3, 0.4) is 0 Å². The van der Waals surface area contributed by atoms with E-state index in [1.807, 2.05) is 30.9 Å². The third-order valence-corrected chi connectivity index (χ3v) is 5.28. The van der Waals surface area contributed by atoms with Gasteiger partial charge < -0.3 is 14.8 Å². The summed E-state index contributed by atoms with van der Waals surface area (Å²) in [6, 6.07) is 3.74. The first kappa shape index (κ1) is 20.5. The number of carbonyl (C=O) groups excluding carboxylic acids is 2. The fourth-order valence-corrected chi connectivity index (χ4v) is 3.83. The average Bonchev–Trinajstić information content (AvgIpc) is 3.15. The Morgan fingerprint density at radius 3 is 2.93 bits per heavy atom. The number of nitrogens with zero attached hydrogens (tertiary/aromatic N) is 5. The second kappa shape index (κ2) is 8.86. The molecular formula is C21H26N6O2. The van der Waals surface area contributed by atoms with Crippen LogP contribution in [0, 0.1) is 17.2 Å². The van der Waals surface area contributed by atoms with Gasteiger partial charge in [0.2, 0.25) is 5.91 Å². The van der Waals surface area contributed by atoms with Crippen molar-refractivity contribution in [2.45, 2.75) is 39.7 Å². The molecule has 2 aromatic heterocycles. The SMILES string of the molecule is CC(C)=CC(=O)CN(c1ncnc2[nH]ccc12)[C@H]1CN(C(=O)CC#N)CC[C@H]1C. The van der Waals surface area contributed by atoms with Crippen LogP contribution in [0.2, 0.25) is 0 Å². The summed E-state index contributed by atoms with van der Waals surface area (Å²) in [6.07, 6.45) is 5.59. The highest BCUT2D eigenvalue weighted by atomic mass is 16.2. The van der Waals surface area contributed by atoms with Crippen LogP contribution in [0.5, 0.6) is 0 Å². The molecule has 2 atom stereocenters. The zero-order chi connectivity index (χ0) is 21.0. The van der Waals surface area contributed by atoms with Crippen molar-refractivity contribution in [1.82, 2.24) is 19.9 Å². The summed E-state index contributed by atoms with van der Waals surface area (Å²) in [5.41, 5.74) is 1.64. The van der Waals surface area contributed by atoms with Crippen molar-refractivity contribution in [3.63, 3.8) is 0 Å². The zero-order valence-corrected chi connectivity index (χ0v) is 17.1. The Hall–Kier alpha value is -3.21. The maximum atomic E-state index is 12.7. The molecule has 152 valence electrons. The van der Waals surface area contributed by atoms with Gasteiger partial charge in [0.1, 0.15) is 24.2 Å². The molecule has 0 bridgehead atoms. The molecule has 1 fully saturated rings. The van der Waals surface area contributed by atoms with E-state index in [2.05, 4.69) is 21.9 Å². The summed E-state index contributed by atoms with van der Waals surface area (Å²) in [6.45, 7) is 7.16. The van der Waals surface area contributed by atoms with Gasteiger partial charge >= 0.3 is 0 Å². The second-order valence-corrected chi connectivity index (χ2v) is 7.76. The molecule has 0 spiro atoms. The first-order chi connectivity index (χ1) is 13.9. The molecular weight excluding hydrogens is 368 g/mol. The molecule has 8 nitrogen and oxygen atoms in total. The number of piperidine rings is 1. The number of aromatic amines is 1. The number of rotatable bonds is 6. The van der Waals surface area contributed by atoms with Crippen molar-refractivity contribution in [3.05, 3.63) is 30.2 Å². The predicted molar refractivity (Wildman–Crippen MR) is 110 cm³/mol. The Morgan fingerprint density at radius 1 is 1.41 bits per heavy atom. The quantitative estimate of drug-likeness (QED) is 0.755. The van der Waals surface area contributed by atoms with Gasteiger partial charge in [-0.05, 0) is 38.3 Å². The van der Waals surface area contributed by atoms with Crippen LogP contribution in [0.1, 0.15) is 33.6 Å². The van der Waals surface area contributed by atoms with Crippen molar-refractivity contribution < 1.29 is 9.59 Å². The topological polar surface area (TPSA) is 106 Å². The summed E-state index contributed by atoms with van der Waals surface area (Å²) >= 11 is 0. The number of hydrogen-bond donors (Lipinski definition) is 1. The van der Waals surface area contributed by atoms with Crippen LogP contribution in [0.4, 0.5) is 5.82 Å². The highest BCUT2D eigenvalue weighted by molar-refractivity contribution is 5.96. The van der Waals surface area contributed by atoms with E-state index in [1.54, 1.807) is 17.2 Å². The number of nitriles is 1. The molecule has 2 aromatic rings. The van der Waals surface area contributed by atoms with Gasteiger partial charge in [-0.3, -0.25) is 9.59 Å². The van der Waals surface area contributed by atoms with Crippen LogP contribution in [-0.2, 0) is 9.59 Å². The van der Waals surface area contributed by atoms with Crippen LogP contribution < -0.4 is 4.90 Å².